The third-order valence-electron chi connectivity index (χ3n) is 4.51. The second-order valence-electron chi connectivity index (χ2n) is 6.72. The molecule has 10 nitrogen and oxygen atoms in total. The van der Waals surface area contributed by atoms with E-state index in [1.807, 2.05) is 48.9 Å². The first-order valence-corrected chi connectivity index (χ1v) is 9.49. The second kappa shape index (κ2) is 10.0. The fraction of sp³-hybridized carbons (Fsp3) is 0.136. The number of rotatable bonds is 5. The molecule has 0 amide bonds. The van der Waals surface area contributed by atoms with E-state index < -0.39 is 0 Å². The molecular weight excluding hydrogens is 410 g/mol. The summed E-state index contributed by atoms with van der Waals surface area (Å²) in [5, 5.41) is 19.3. The lowest BCUT2D eigenvalue weighted by molar-refractivity contribution is -0.122. The standard InChI is InChI=1S/C21H19N7O.CH2O2/c1-13-7-16(10-23)24-11-18(13)29-19-8-17(20-21(27-19)28(2)12-25-20)26-15-5-3-14(9-22)4-6-15;2-1-3/h3-8,11-12H,9,22H2,1-2H3,(H,26,27);1H,(H,2,3). The third-order valence-corrected chi connectivity index (χ3v) is 4.51. The number of hydrogen-bond donors (Lipinski definition) is 3. The van der Waals surface area contributed by atoms with Crippen LogP contribution in [-0.4, -0.2) is 31.1 Å². The van der Waals surface area contributed by atoms with E-state index in [0.29, 0.717) is 29.5 Å². The summed E-state index contributed by atoms with van der Waals surface area (Å²) < 4.78 is 7.80. The summed E-state index contributed by atoms with van der Waals surface area (Å²) >= 11 is 0. The smallest absolute Gasteiger partial charge is 0.290 e. The van der Waals surface area contributed by atoms with Gasteiger partial charge in [0.1, 0.15) is 17.3 Å². The number of aryl methyl sites for hydroxylation is 2. The van der Waals surface area contributed by atoms with Crippen molar-refractivity contribution in [1.82, 2.24) is 19.5 Å². The lowest BCUT2D eigenvalue weighted by Crippen LogP contribution is -1.99. The van der Waals surface area contributed by atoms with Crippen LogP contribution in [0, 0.1) is 18.3 Å². The Kier molecular flexibility index (Phi) is 6.95. The summed E-state index contributed by atoms with van der Waals surface area (Å²) in [5.74, 6) is 0.938. The molecule has 10 heteroatoms. The maximum Gasteiger partial charge on any atom is 0.290 e. The number of hydrogen-bond acceptors (Lipinski definition) is 8. The Balaban J connectivity index is 0.000000913. The highest BCUT2D eigenvalue weighted by Gasteiger charge is 2.13. The molecule has 0 unspecified atom stereocenters. The van der Waals surface area contributed by atoms with Gasteiger partial charge in [-0.1, -0.05) is 12.1 Å². The summed E-state index contributed by atoms with van der Waals surface area (Å²) in [6, 6.07) is 13.4. The van der Waals surface area contributed by atoms with Crippen molar-refractivity contribution in [3.8, 4) is 17.7 Å². The molecule has 32 heavy (non-hydrogen) atoms. The number of nitrogens with two attached hydrogens (primary N) is 1. The number of nitriles is 1. The van der Waals surface area contributed by atoms with Gasteiger partial charge in [-0.2, -0.15) is 10.2 Å². The highest BCUT2D eigenvalue weighted by atomic mass is 16.5. The molecule has 0 aliphatic heterocycles. The zero-order valence-corrected chi connectivity index (χ0v) is 17.5. The van der Waals surface area contributed by atoms with Crippen LogP contribution in [0.4, 0.5) is 11.4 Å². The number of pyridine rings is 2. The number of fused-ring (bicyclic) bond motifs is 1. The Morgan fingerprint density at radius 2 is 2.00 bits per heavy atom. The summed E-state index contributed by atoms with van der Waals surface area (Å²) in [4.78, 5) is 21.5. The number of benzene rings is 1. The highest BCUT2D eigenvalue weighted by molar-refractivity contribution is 5.88. The molecule has 0 bridgehead atoms. The number of nitrogens with zero attached hydrogens (tertiary/aromatic N) is 5. The van der Waals surface area contributed by atoms with Crippen LogP contribution in [0.25, 0.3) is 11.2 Å². The lowest BCUT2D eigenvalue weighted by Gasteiger charge is -2.12. The number of carboxylic acid groups (broad SMARTS) is 1. The van der Waals surface area contributed by atoms with Crippen molar-refractivity contribution in [3.63, 3.8) is 0 Å². The van der Waals surface area contributed by atoms with Crippen molar-refractivity contribution in [2.45, 2.75) is 13.5 Å². The normalized spacial score (nSPS) is 10.1. The molecule has 0 fully saturated rings. The Morgan fingerprint density at radius 3 is 2.62 bits per heavy atom. The van der Waals surface area contributed by atoms with Crippen molar-refractivity contribution in [2.24, 2.45) is 12.8 Å². The summed E-state index contributed by atoms with van der Waals surface area (Å²) in [6.45, 7) is 2.11. The van der Waals surface area contributed by atoms with Gasteiger partial charge in [0.15, 0.2) is 11.4 Å². The van der Waals surface area contributed by atoms with Crippen molar-refractivity contribution < 1.29 is 14.6 Å². The molecule has 0 aliphatic rings. The SMILES string of the molecule is Cc1cc(C#N)ncc1Oc1cc(Nc2ccc(CN)cc2)c2ncn(C)c2n1.O=CO. The van der Waals surface area contributed by atoms with Gasteiger partial charge in [-0.3, -0.25) is 4.79 Å². The van der Waals surface area contributed by atoms with Crippen LogP contribution in [0.5, 0.6) is 11.6 Å². The van der Waals surface area contributed by atoms with Crippen LogP contribution in [0.1, 0.15) is 16.8 Å². The van der Waals surface area contributed by atoms with Gasteiger partial charge in [0.2, 0.25) is 5.88 Å². The van der Waals surface area contributed by atoms with Crippen LogP contribution in [0.2, 0.25) is 0 Å². The number of ether oxygens (including phenoxy) is 1. The predicted octanol–water partition coefficient (Wildman–Crippen LogP) is 3.24. The largest absolute Gasteiger partial charge is 0.483 e. The van der Waals surface area contributed by atoms with Crippen molar-refractivity contribution in [3.05, 3.63) is 65.7 Å². The molecular formula is C22H21N7O3. The van der Waals surface area contributed by atoms with Gasteiger partial charge < -0.3 is 25.5 Å². The van der Waals surface area contributed by atoms with Crippen molar-refractivity contribution in [1.29, 1.82) is 5.26 Å². The minimum atomic E-state index is -0.250. The molecule has 0 saturated carbocycles. The van der Waals surface area contributed by atoms with Crippen molar-refractivity contribution in [2.75, 3.05) is 5.32 Å². The fourth-order valence-electron chi connectivity index (χ4n) is 2.93. The molecule has 4 rings (SSSR count). The molecule has 0 saturated heterocycles. The lowest BCUT2D eigenvalue weighted by atomic mass is 10.2. The minimum Gasteiger partial charge on any atom is -0.483 e. The van der Waals surface area contributed by atoms with Crippen LogP contribution in [0.15, 0.2) is 48.9 Å². The first kappa shape index (κ1) is 22.2. The average Bonchev–Trinajstić information content (AvgIpc) is 3.17. The highest BCUT2D eigenvalue weighted by Crippen LogP contribution is 2.31. The zero-order chi connectivity index (χ0) is 23.1. The van der Waals surface area contributed by atoms with Gasteiger partial charge in [0.05, 0.1) is 18.2 Å². The number of carbonyl (C=O) groups is 1. The minimum absolute atomic E-state index is 0.250. The van der Waals surface area contributed by atoms with Gasteiger partial charge in [-0.05, 0) is 36.2 Å². The van der Waals surface area contributed by atoms with E-state index in [1.165, 1.54) is 6.20 Å². The summed E-state index contributed by atoms with van der Waals surface area (Å²) in [6.07, 6.45) is 3.24. The van der Waals surface area contributed by atoms with E-state index in [1.54, 1.807) is 18.5 Å². The Morgan fingerprint density at radius 1 is 1.28 bits per heavy atom. The quantitative estimate of drug-likeness (QED) is 0.404. The molecule has 1 aromatic carbocycles. The molecule has 4 N–H and O–H groups in total. The molecule has 0 spiro atoms. The van der Waals surface area contributed by atoms with Gasteiger partial charge >= 0.3 is 0 Å². The van der Waals surface area contributed by atoms with E-state index in [0.717, 1.165) is 28.0 Å². The topological polar surface area (TPSA) is 152 Å². The van der Waals surface area contributed by atoms with Crippen LogP contribution < -0.4 is 15.8 Å². The number of imidazole rings is 1. The zero-order valence-electron chi connectivity index (χ0n) is 17.5. The Labute approximate surface area is 183 Å². The molecule has 3 aromatic heterocycles. The molecule has 0 radical (unpaired) electrons. The van der Waals surface area contributed by atoms with E-state index in [9.17, 15) is 0 Å². The van der Waals surface area contributed by atoms with Crippen LogP contribution in [-0.2, 0) is 18.4 Å². The number of nitrogens with one attached hydrogen (secondary N) is 1. The first-order valence-electron chi connectivity index (χ1n) is 9.49. The monoisotopic (exact) mass is 431 g/mol. The van der Waals surface area contributed by atoms with E-state index in [-0.39, 0.29) is 6.47 Å². The Hall–Kier alpha value is -4.49. The van der Waals surface area contributed by atoms with E-state index in [4.69, 9.17) is 25.6 Å². The molecule has 0 aliphatic carbocycles. The van der Waals surface area contributed by atoms with Crippen molar-refractivity contribution >= 4 is 29.0 Å². The molecule has 3 heterocycles. The first-order chi connectivity index (χ1) is 15.5. The molecule has 162 valence electrons. The second-order valence-corrected chi connectivity index (χ2v) is 6.72. The summed E-state index contributed by atoms with van der Waals surface area (Å²) in [7, 11) is 1.88. The van der Waals surface area contributed by atoms with E-state index >= 15 is 0 Å². The van der Waals surface area contributed by atoms with Gasteiger partial charge in [-0.25, -0.2) is 9.97 Å². The Bertz CT molecular complexity index is 1280. The molecule has 4 aromatic rings. The maximum atomic E-state index is 8.99. The fourth-order valence-corrected chi connectivity index (χ4v) is 2.93. The molecule has 0 atom stereocenters. The third kappa shape index (κ3) is 4.97. The summed E-state index contributed by atoms with van der Waals surface area (Å²) in [5.41, 5.74) is 11.0. The van der Waals surface area contributed by atoms with E-state index in [2.05, 4.69) is 20.3 Å². The average molecular weight is 431 g/mol. The van der Waals surface area contributed by atoms with Gasteiger partial charge in [0.25, 0.3) is 6.47 Å². The maximum absolute atomic E-state index is 8.99. The van der Waals surface area contributed by atoms with Gasteiger partial charge in [-0.15, -0.1) is 0 Å². The van der Waals surface area contributed by atoms with Gasteiger partial charge in [0, 0.05) is 25.3 Å². The van der Waals surface area contributed by atoms with Crippen LogP contribution >= 0.6 is 0 Å². The van der Waals surface area contributed by atoms with Crippen LogP contribution in [0.3, 0.4) is 0 Å². The number of aromatic nitrogens is 4. The number of anilines is 2. The predicted molar refractivity (Wildman–Crippen MR) is 119 cm³/mol.